The monoisotopic (exact) mass is 170 g/mol. The zero-order valence-electron chi connectivity index (χ0n) is 7.23. The maximum atomic E-state index is 5.55. The second-order valence-corrected chi connectivity index (χ2v) is 3.39. The number of hydrogen-bond donors (Lipinski definition) is 0. The largest absolute Gasteiger partial charge is 0.493 e. The van der Waals surface area contributed by atoms with Gasteiger partial charge in [0, 0.05) is 0 Å². The smallest absolute Gasteiger partial charge is 0.108 e. The van der Waals surface area contributed by atoms with Crippen LogP contribution in [-0.4, -0.2) is 6.61 Å². The minimum atomic E-state index is 0.365. The van der Waals surface area contributed by atoms with Crippen molar-refractivity contribution in [1.82, 2.24) is 0 Å². The zero-order valence-corrected chi connectivity index (χ0v) is 7.23. The number of hydrogen-bond acceptors (Lipinski definition) is 1. The lowest BCUT2D eigenvalue weighted by atomic mass is 9.87. The molecule has 1 aliphatic heterocycles. The Balaban J connectivity index is 2.11. The van der Waals surface area contributed by atoms with Gasteiger partial charge in [-0.1, -0.05) is 36.5 Å². The van der Waals surface area contributed by atoms with Crippen molar-refractivity contribution in [3.63, 3.8) is 0 Å². The summed E-state index contributed by atoms with van der Waals surface area (Å²) in [6, 6.07) is 0. The summed E-state index contributed by atoms with van der Waals surface area (Å²) in [6.07, 6.45) is 14.9. The summed E-state index contributed by atoms with van der Waals surface area (Å²) in [6.45, 7) is 0.714. The molecule has 0 fully saturated rings. The zero-order chi connectivity index (χ0) is 8.67. The van der Waals surface area contributed by atoms with Crippen LogP contribution in [0.5, 0.6) is 0 Å². The molecule has 0 saturated carbocycles. The van der Waals surface area contributed by atoms with Crippen molar-refractivity contribution in [3.8, 4) is 0 Å². The van der Waals surface area contributed by atoms with Gasteiger partial charge >= 0.3 is 0 Å². The maximum absolute atomic E-state index is 5.55. The molecule has 0 amide bonds. The first-order chi connectivity index (χ1) is 6.45. The summed E-state index contributed by atoms with van der Waals surface area (Å²) >= 11 is 0. The highest BCUT2D eigenvalue weighted by atomic mass is 16.5. The van der Waals surface area contributed by atoms with Gasteiger partial charge in [0.2, 0.25) is 0 Å². The molecule has 1 heteroatoms. The highest BCUT2D eigenvalue weighted by molar-refractivity contribution is 5.57. The molecule has 0 radical (unpaired) electrons. The first-order valence-electron chi connectivity index (χ1n) is 4.55. The molecule has 0 N–H and O–H groups in total. The van der Waals surface area contributed by atoms with Gasteiger partial charge in [-0.25, -0.2) is 0 Å². The van der Waals surface area contributed by atoms with Crippen LogP contribution in [0.2, 0.25) is 0 Å². The van der Waals surface area contributed by atoms with Crippen molar-refractivity contribution in [3.05, 3.63) is 59.4 Å². The lowest BCUT2D eigenvalue weighted by Crippen LogP contribution is -2.15. The fourth-order valence-electron chi connectivity index (χ4n) is 1.98. The fourth-order valence-corrected chi connectivity index (χ4v) is 1.98. The Labute approximate surface area is 77.4 Å². The Morgan fingerprint density at radius 2 is 2.23 bits per heavy atom. The summed E-state index contributed by atoms with van der Waals surface area (Å²) < 4.78 is 5.55. The van der Waals surface area contributed by atoms with Crippen LogP contribution in [0.3, 0.4) is 0 Å². The average Bonchev–Trinajstić information content (AvgIpc) is 2.65. The lowest BCUT2D eigenvalue weighted by molar-refractivity contribution is 0.214. The molecule has 13 heavy (non-hydrogen) atoms. The summed E-state index contributed by atoms with van der Waals surface area (Å²) in [5, 5.41) is 0. The van der Waals surface area contributed by atoms with Gasteiger partial charge in [0.25, 0.3) is 0 Å². The van der Waals surface area contributed by atoms with E-state index in [1.165, 1.54) is 11.1 Å². The van der Waals surface area contributed by atoms with Gasteiger partial charge in [0.05, 0.1) is 5.92 Å². The number of rotatable bonds is 0. The highest BCUT2D eigenvalue weighted by Gasteiger charge is 2.25. The summed E-state index contributed by atoms with van der Waals surface area (Å²) in [7, 11) is 0. The van der Waals surface area contributed by atoms with Gasteiger partial charge in [-0.05, 0) is 17.2 Å². The molecule has 1 unspecified atom stereocenters. The van der Waals surface area contributed by atoms with Crippen LogP contribution in [0.1, 0.15) is 0 Å². The second-order valence-electron chi connectivity index (χ2n) is 3.39. The third-order valence-corrected chi connectivity index (χ3v) is 2.63. The Morgan fingerprint density at radius 1 is 1.23 bits per heavy atom. The topological polar surface area (TPSA) is 9.23 Å². The molecule has 1 nitrogen and oxygen atoms in total. The number of fused-ring (bicyclic) bond motifs is 3. The molecule has 2 aliphatic carbocycles. The average molecular weight is 170 g/mol. The predicted octanol–water partition coefficient (Wildman–Crippen LogP) is 2.51. The van der Waals surface area contributed by atoms with Crippen LogP contribution in [0.25, 0.3) is 0 Å². The van der Waals surface area contributed by atoms with Crippen molar-refractivity contribution in [2.24, 2.45) is 5.92 Å². The van der Waals surface area contributed by atoms with Gasteiger partial charge in [-0.15, -0.1) is 0 Å². The minimum absolute atomic E-state index is 0.365. The maximum Gasteiger partial charge on any atom is 0.108 e. The van der Waals surface area contributed by atoms with Crippen molar-refractivity contribution in [1.29, 1.82) is 0 Å². The molecule has 3 rings (SSSR count). The lowest BCUT2D eigenvalue weighted by Gasteiger charge is -2.25. The van der Waals surface area contributed by atoms with Crippen LogP contribution in [-0.2, 0) is 4.74 Å². The van der Waals surface area contributed by atoms with Gasteiger partial charge in [0.1, 0.15) is 12.4 Å². The van der Waals surface area contributed by atoms with E-state index in [4.69, 9.17) is 4.74 Å². The molecule has 0 spiro atoms. The van der Waals surface area contributed by atoms with E-state index in [0.29, 0.717) is 12.5 Å². The SMILES string of the molecule is C1=CC2=CC=C3OCC=CC3C2=C1. The Bertz CT molecular complexity index is 391. The molecule has 0 saturated heterocycles. The summed E-state index contributed by atoms with van der Waals surface area (Å²) in [5.41, 5.74) is 2.69. The predicted molar refractivity (Wildman–Crippen MR) is 52.0 cm³/mol. The van der Waals surface area contributed by atoms with E-state index in [2.05, 4.69) is 42.5 Å². The molecule has 0 bridgehead atoms. The van der Waals surface area contributed by atoms with Crippen molar-refractivity contribution < 1.29 is 4.74 Å². The molecule has 0 aromatic carbocycles. The van der Waals surface area contributed by atoms with Crippen molar-refractivity contribution in [2.75, 3.05) is 6.61 Å². The van der Waals surface area contributed by atoms with Gasteiger partial charge in [0.15, 0.2) is 0 Å². The van der Waals surface area contributed by atoms with Gasteiger partial charge in [-0.3, -0.25) is 0 Å². The molecule has 1 atom stereocenters. The van der Waals surface area contributed by atoms with E-state index in [-0.39, 0.29) is 0 Å². The highest BCUT2D eigenvalue weighted by Crippen LogP contribution is 2.37. The van der Waals surface area contributed by atoms with E-state index in [9.17, 15) is 0 Å². The first kappa shape index (κ1) is 6.96. The molecule has 0 aromatic heterocycles. The third-order valence-electron chi connectivity index (χ3n) is 2.63. The molecule has 3 aliphatic rings. The van der Waals surface area contributed by atoms with Gasteiger partial charge in [-0.2, -0.15) is 0 Å². The Kier molecular flexibility index (Phi) is 1.33. The second kappa shape index (κ2) is 2.49. The quantitative estimate of drug-likeness (QED) is 0.507. The van der Waals surface area contributed by atoms with Crippen LogP contribution in [0, 0.1) is 5.92 Å². The van der Waals surface area contributed by atoms with Crippen LogP contribution >= 0.6 is 0 Å². The number of allylic oxidation sites excluding steroid dienone is 7. The van der Waals surface area contributed by atoms with Crippen LogP contribution in [0.4, 0.5) is 0 Å². The fraction of sp³-hybridized carbons (Fsp3) is 0.167. The summed E-state index contributed by atoms with van der Waals surface area (Å²) in [4.78, 5) is 0. The van der Waals surface area contributed by atoms with Crippen LogP contribution in [0.15, 0.2) is 59.4 Å². The van der Waals surface area contributed by atoms with E-state index in [1.807, 2.05) is 0 Å². The molecule has 0 aromatic rings. The van der Waals surface area contributed by atoms with E-state index >= 15 is 0 Å². The molecular formula is C12H10O. The normalized spacial score (nSPS) is 28.3. The molecule has 1 heterocycles. The van der Waals surface area contributed by atoms with Crippen LogP contribution < -0.4 is 0 Å². The standard InChI is InChI=1S/C12H10O/c1-3-9-6-7-12-11(10(9)4-1)5-2-8-13-12/h1-7,11H,8H2. The first-order valence-corrected chi connectivity index (χ1v) is 4.55. The molecule has 64 valence electrons. The van der Waals surface area contributed by atoms with Gasteiger partial charge < -0.3 is 4.74 Å². The van der Waals surface area contributed by atoms with Crippen molar-refractivity contribution in [2.45, 2.75) is 0 Å². The minimum Gasteiger partial charge on any atom is -0.493 e. The Hall–Kier alpha value is -1.50. The van der Waals surface area contributed by atoms with Crippen molar-refractivity contribution >= 4 is 0 Å². The molecular weight excluding hydrogens is 160 g/mol. The number of ether oxygens (including phenoxy) is 1. The van der Waals surface area contributed by atoms with E-state index < -0.39 is 0 Å². The Morgan fingerprint density at radius 3 is 3.23 bits per heavy atom. The third kappa shape index (κ3) is 0.934. The van der Waals surface area contributed by atoms with E-state index in [0.717, 1.165) is 5.76 Å². The summed E-state index contributed by atoms with van der Waals surface area (Å²) in [5.74, 6) is 1.45. The van der Waals surface area contributed by atoms with E-state index in [1.54, 1.807) is 0 Å².